The van der Waals surface area contributed by atoms with Crippen LogP contribution < -0.4 is 10.6 Å². The lowest BCUT2D eigenvalue weighted by atomic mass is 10.1. The predicted octanol–water partition coefficient (Wildman–Crippen LogP) is 2.81. The topological polar surface area (TPSA) is 53.6 Å². The molecule has 0 spiro atoms. The van der Waals surface area contributed by atoms with Gasteiger partial charge in [-0.15, -0.1) is 11.3 Å². The van der Waals surface area contributed by atoms with E-state index >= 15 is 0 Å². The van der Waals surface area contributed by atoms with Crippen LogP contribution in [0.3, 0.4) is 0 Å². The number of carbonyl (C=O) groups excluding carboxylic acids is 1. The molecule has 1 aliphatic rings. The van der Waals surface area contributed by atoms with Gasteiger partial charge < -0.3 is 20.3 Å². The Morgan fingerprint density at radius 3 is 2.88 bits per heavy atom. The molecule has 2 aromatic rings. The van der Waals surface area contributed by atoms with Gasteiger partial charge in [-0.2, -0.15) is 0 Å². The summed E-state index contributed by atoms with van der Waals surface area (Å²) in [5.41, 5.74) is 1.17. The zero-order valence-electron chi connectivity index (χ0n) is 14.1. The molecule has 1 aromatic carbocycles. The second-order valence-corrected chi connectivity index (χ2v) is 7.05. The second kappa shape index (κ2) is 8.46. The number of rotatable bonds is 6. The summed E-state index contributed by atoms with van der Waals surface area (Å²) in [5, 5.41) is 9.24. The smallest absolute Gasteiger partial charge is 0.315 e. The van der Waals surface area contributed by atoms with Gasteiger partial charge in [-0.25, -0.2) is 4.79 Å². The summed E-state index contributed by atoms with van der Waals surface area (Å²) in [7, 11) is 1.78. The maximum absolute atomic E-state index is 12.0. The predicted molar refractivity (Wildman–Crippen MR) is 98.5 cm³/mol. The molecule has 0 bridgehead atoms. The van der Waals surface area contributed by atoms with Gasteiger partial charge in [0, 0.05) is 44.5 Å². The average Bonchev–Trinajstić information content (AvgIpc) is 3.04. The zero-order chi connectivity index (χ0) is 16.8. The fourth-order valence-corrected chi connectivity index (χ4v) is 4.07. The van der Waals surface area contributed by atoms with Crippen LogP contribution in [-0.2, 0) is 11.3 Å². The molecule has 1 aromatic heterocycles. The molecule has 130 valence electrons. The van der Waals surface area contributed by atoms with Gasteiger partial charge in [0.1, 0.15) is 0 Å². The van der Waals surface area contributed by atoms with E-state index in [4.69, 9.17) is 4.74 Å². The van der Waals surface area contributed by atoms with Crippen LogP contribution >= 0.6 is 11.3 Å². The van der Waals surface area contributed by atoms with Crippen molar-refractivity contribution in [3.05, 3.63) is 35.2 Å². The normalized spacial score (nSPS) is 16.4. The van der Waals surface area contributed by atoms with Crippen molar-refractivity contribution in [2.75, 3.05) is 33.3 Å². The minimum absolute atomic E-state index is 0.0999. The van der Waals surface area contributed by atoms with Gasteiger partial charge in [0.15, 0.2) is 0 Å². The van der Waals surface area contributed by atoms with E-state index < -0.39 is 0 Å². The van der Waals surface area contributed by atoms with E-state index in [0.29, 0.717) is 19.2 Å². The Labute approximate surface area is 147 Å². The molecule has 24 heavy (non-hydrogen) atoms. The molecule has 1 aliphatic heterocycles. The fraction of sp³-hybridized carbons (Fsp3) is 0.500. The van der Waals surface area contributed by atoms with E-state index in [0.717, 1.165) is 32.5 Å². The van der Waals surface area contributed by atoms with Gasteiger partial charge in [-0.1, -0.05) is 18.2 Å². The van der Waals surface area contributed by atoms with Crippen LogP contribution in [0.5, 0.6) is 0 Å². The first-order valence-corrected chi connectivity index (χ1v) is 9.36. The summed E-state index contributed by atoms with van der Waals surface area (Å²) >= 11 is 1.72. The van der Waals surface area contributed by atoms with E-state index in [1.54, 1.807) is 18.4 Å². The Bertz CT molecular complexity index is 665. The Hall–Kier alpha value is -1.63. The number of ether oxygens (including phenoxy) is 1. The quantitative estimate of drug-likeness (QED) is 0.845. The van der Waals surface area contributed by atoms with Gasteiger partial charge >= 0.3 is 6.03 Å². The molecule has 0 radical (unpaired) electrons. The van der Waals surface area contributed by atoms with Crippen LogP contribution in [-0.4, -0.2) is 50.3 Å². The lowest BCUT2D eigenvalue weighted by molar-refractivity contribution is 0.0416. The number of fused-ring (bicyclic) bond motifs is 1. The summed E-state index contributed by atoms with van der Waals surface area (Å²) in [6.07, 6.45) is 2.56. The number of nitrogens with zero attached hydrogens (tertiary/aromatic N) is 1. The first kappa shape index (κ1) is 17.2. The molecule has 0 atom stereocenters. The number of thiophene rings is 1. The largest absolute Gasteiger partial charge is 0.381 e. The van der Waals surface area contributed by atoms with Crippen molar-refractivity contribution in [2.24, 2.45) is 0 Å². The lowest BCUT2D eigenvalue weighted by Gasteiger charge is -2.31. The molecule has 2 amide bonds. The Morgan fingerprint density at radius 1 is 1.29 bits per heavy atom. The fourth-order valence-electron chi connectivity index (χ4n) is 3.10. The van der Waals surface area contributed by atoms with Crippen molar-refractivity contribution in [3.8, 4) is 0 Å². The van der Waals surface area contributed by atoms with Crippen LogP contribution in [0.2, 0.25) is 0 Å². The van der Waals surface area contributed by atoms with Crippen molar-refractivity contribution < 1.29 is 9.53 Å². The maximum Gasteiger partial charge on any atom is 0.315 e. The van der Waals surface area contributed by atoms with Gasteiger partial charge in [-0.05, 0) is 35.2 Å². The number of likely N-dealkylation sites (tertiary alicyclic amines) is 1. The standard InChI is InChI=1S/C18H25N3O2S/c1-23-15-6-9-21(10-7-15)11-8-19-18(22)20-12-14-13-24-17-5-3-2-4-16(14)17/h2-5,13,15H,6-12H2,1H3,(H2,19,20,22). The van der Waals surface area contributed by atoms with Crippen molar-refractivity contribution in [1.29, 1.82) is 0 Å². The van der Waals surface area contributed by atoms with Gasteiger partial charge in [0.25, 0.3) is 0 Å². The summed E-state index contributed by atoms with van der Waals surface area (Å²) in [5.74, 6) is 0. The summed E-state index contributed by atoms with van der Waals surface area (Å²) in [4.78, 5) is 14.3. The first-order valence-electron chi connectivity index (χ1n) is 8.48. The molecule has 1 fully saturated rings. The second-order valence-electron chi connectivity index (χ2n) is 6.14. The number of urea groups is 1. The summed E-state index contributed by atoms with van der Waals surface area (Å²) in [6, 6.07) is 8.18. The minimum atomic E-state index is -0.0999. The third-order valence-electron chi connectivity index (χ3n) is 4.58. The molecule has 1 saturated heterocycles. The van der Waals surface area contributed by atoms with Gasteiger partial charge in [-0.3, -0.25) is 0 Å². The van der Waals surface area contributed by atoms with Crippen LogP contribution in [0.1, 0.15) is 18.4 Å². The molecule has 0 saturated carbocycles. The highest BCUT2D eigenvalue weighted by Crippen LogP contribution is 2.25. The number of hydrogen-bond acceptors (Lipinski definition) is 4. The molecule has 2 N–H and O–H groups in total. The molecule has 2 heterocycles. The number of benzene rings is 1. The van der Waals surface area contributed by atoms with E-state index in [2.05, 4.69) is 33.0 Å². The molecular formula is C18H25N3O2S. The Kier molecular flexibility index (Phi) is 6.07. The van der Waals surface area contributed by atoms with Crippen molar-refractivity contribution in [3.63, 3.8) is 0 Å². The third kappa shape index (κ3) is 4.47. The number of hydrogen-bond donors (Lipinski definition) is 2. The zero-order valence-corrected chi connectivity index (χ0v) is 14.9. The van der Waals surface area contributed by atoms with E-state index in [-0.39, 0.29) is 6.03 Å². The molecular weight excluding hydrogens is 322 g/mol. The molecule has 0 aliphatic carbocycles. The lowest BCUT2D eigenvalue weighted by Crippen LogP contribution is -2.43. The van der Waals surface area contributed by atoms with Crippen LogP contribution in [0.25, 0.3) is 10.1 Å². The molecule has 6 heteroatoms. The average molecular weight is 347 g/mol. The Morgan fingerprint density at radius 2 is 2.08 bits per heavy atom. The molecule has 0 unspecified atom stereocenters. The monoisotopic (exact) mass is 347 g/mol. The van der Waals surface area contributed by atoms with Crippen molar-refractivity contribution in [2.45, 2.75) is 25.5 Å². The maximum atomic E-state index is 12.0. The highest BCUT2D eigenvalue weighted by molar-refractivity contribution is 7.17. The van der Waals surface area contributed by atoms with E-state index in [9.17, 15) is 4.79 Å². The number of amides is 2. The van der Waals surface area contributed by atoms with Crippen LogP contribution in [0, 0.1) is 0 Å². The SMILES string of the molecule is COC1CCN(CCNC(=O)NCc2csc3ccccc23)CC1. The van der Waals surface area contributed by atoms with Crippen LogP contribution in [0.15, 0.2) is 29.6 Å². The Balaban J connectivity index is 1.36. The summed E-state index contributed by atoms with van der Waals surface area (Å²) in [6.45, 7) is 4.22. The van der Waals surface area contributed by atoms with E-state index in [1.165, 1.54) is 15.6 Å². The first-order chi connectivity index (χ1) is 11.8. The van der Waals surface area contributed by atoms with Crippen molar-refractivity contribution >= 4 is 27.5 Å². The highest BCUT2D eigenvalue weighted by atomic mass is 32.1. The van der Waals surface area contributed by atoms with Crippen LogP contribution in [0.4, 0.5) is 4.79 Å². The number of methoxy groups -OCH3 is 1. The highest BCUT2D eigenvalue weighted by Gasteiger charge is 2.18. The van der Waals surface area contributed by atoms with Gasteiger partial charge in [0.05, 0.1) is 6.10 Å². The summed E-state index contributed by atoms with van der Waals surface area (Å²) < 4.78 is 6.63. The number of piperidine rings is 1. The number of carbonyl (C=O) groups is 1. The minimum Gasteiger partial charge on any atom is -0.381 e. The molecule has 3 rings (SSSR count). The van der Waals surface area contributed by atoms with Crippen molar-refractivity contribution in [1.82, 2.24) is 15.5 Å². The van der Waals surface area contributed by atoms with Gasteiger partial charge in [0.2, 0.25) is 0 Å². The third-order valence-corrected chi connectivity index (χ3v) is 5.59. The molecule has 5 nitrogen and oxygen atoms in total. The number of nitrogens with one attached hydrogen (secondary N) is 2. The van der Waals surface area contributed by atoms with E-state index in [1.807, 2.05) is 12.1 Å².